The number of carbonyl (C=O) groups excluding carboxylic acids is 1. The first-order valence-electron chi connectivity index (χ1n) is 5.91. The maximum Gasteiger partial charge on any atom is 0.284 e. The fourth-order valence-electron chi connectivity index (χ4n) is 1.91. The summed E-state index contributed by atoms with van der Waals surface area (Å²) in [6.07, 6.45) is 1.18. The van der Waals surface area contributed by atoms with Crippen molar-refractivity contribution < 1.29 is 9.18 Å². The predicted octanol–water partition coefficient (Wildman–Crippen LogP) is -0.398. The number of fused-ring (bicyclic) bond motifs is 1. The van der Waals surface area contributed by atoms with Crippen LogP contribution < -0.4 is 11.3 Å². The summed E-state index contributed by atoms with van der Waals surface area (Å²) in [6, 6.07) is 5.64. The lowest BCUT2D eigenvalue weighted by atomic mass is 10.3. The molecule has 2 aromatic heterocycles. The summed E-state index contributed by atoms with van der Waals surface area (Å²) in [5.41, 5.74) is 5.03. The Morgan fingerprint density at radius 2 is 2.19 bits per heavy atom. The van der Waals surface area contributed by atoms with Gasteiger partial charge in [-0.3, -0.25) is 14.2 Å². The van der Waals surface area contributed by atoms with Crippen LogP contribution in [-0.4, -0.2) is 30.5 Å². The average molecular weight is 288 g/mol. The van der Waals surface area contributed by atoms with Gasteiger partial charge in [-0.15, -0.1) is 5.10 Å². The number of amides is 1. The molecule has 9 heteroatoms. The topological polar surface area (TPSA) is 109 Å². The first-order valence-corrected chi connectivity index (χ1v) is 5.91. The molecule has 2 N–H and O–H groups in total. The molecule has 0 saturated carbocycles. The van der Waals surface area contributed by atoms with Crippen LogP contribution in [0.3, 0.4) is 0 Å². The largest absolute Gasteiger partial charge is 0.368 e. The Balaban J connectivity index is 2.18. The highest BCUT2D eigenvalue weighted by Gasteiger charge is 2.14. The van der Waals surface area contributed by atoms with Crippen molar-refractivity contribution in [1.82, 2.24) is 24.5 Å². The van der Waals surface area contributed by atoms with E-state index in [1.165, 1.54) is 29.2 Å². The number of rotatable bonds is 3. The van der Waals surface area contributed by atoms with Crippen molar-refractivity contribution in [1.29, 1.82) is 0 Å². The van der Waals surface area contributed by atoms with E-state index in [1.807, 2.05) is 0 Å². The number of aromatic nitrogens is 5. The van der Waals surface area contributed by atoms with E-state index in [9.17, 15) is 14.0 Å². The molecular formula is C12H9FN6O2. The normalized spacial score (nSPS) is 10.9. The molecule has 0 fully saturated rings. The Morgan fingerprint density at radius 3 is 2.90 bits per heavy atom. The maximum absolute atomic E-state index is 13.2. The van der Waals surface area contributed by atoms with Gasteiger partial charge in [0, 0.05) is 0 Å². The number of primary amides is 1. The molecule has 0 unspecified atom stereocenters. The summed E-state index contributed by atoms with van der Waals surface area (Å²) < 4.78 is 15.5. The molecule has 0 atom stereocenters. The number of nitrogens with two attached hydrogens (primary N) is 1. The predicted molar refractivity (Wildman–Crippen MR) is 70.1 cm³/mol. The van der Waals surface area contributed by atoms with E-state index in [4.69, 9.17) is 5.73 Å². The molecule has 3 aromatic rings. The number of hydrogen-bond acceptors (Lipinski definition) is 5. The van der Waals surface area contributed by atoms with E-state index in [2.05, 4.69) is 15.3 Å². The standard InChI is InChI=1S/C12H9FN6O2/c13-7-2-1-3-8(4-7)19-11-10(16-17-19)12(21)18(6-15-11)5-9(14)20/h1-4,6H,5H2,(H2,14,20). The van der Waals surface area contributed by atoms with Crippen LogP contribution in [0.25, 0.3) is 16.9 Å². The zero-order valence-corrected chi connectivity index (χ0v) is 10.6. The van der Waals surface area contributed by atoms with E-state index in [0.717, 1.165) is 4.57 Å². The van der Waals surface area contributed by atoms with Crippen molar-refractivity contribution in [2.75, 3.05) is 0 Å². The van der Waals surface area contributed by atoms with Gasteiger partial charge in [-0.05, 0) is 18.2 Å². The first kappa shape index (κ1) is 12.9. The van der Waals surface area contributed by atoms with Crippen molar-refractivity contribution in [2.24, 2.45) is 5.73 Å². The lowest BCUT2D eigenvalue weighted by Gasteiger charge is -2.03. The van der Waals surface area contributed by atoms with Gasteiger partial charge in [0.15, 0.2) is 11.2 Å². The van der Waals surface area contributed by atoms with Gasteiger partial charge < -0.3 is 5.73 Å². The summed E-state index contributed by atoms with van der Waals surface area (Å²) in [7, 11) is 0. The van der Waals surface area contributed by atoms with Crippen molar-refractivity contribution in [3.05, 3.63) is 46.8 Å². The Bertz CT molecular complexity index is 900. The second kappa shape index (κ2) is 4.78. The molecule has 106 valence electrons. The van der Waals surface area contributed by atoms with Crippen LogP contribution in [0, 0.1) is 5.82 Å². The van der Waals surface area contributed by atoms with Crippen LogP contribution in [0.15, 0.2) is 35.4 Å². The first-order chi connectivity index (χ1) is 10.1. The Morgan fingerprint density at radius 1 is 1.38 bits per heavy atom. The molecule has 21 heavy (non-hydrogen) atoms. The minimum Gasteiger partial charge on any atom is -0.368 e. The number of halogens is 1. The second-order valence-electron chi connectivity index (χ2n) is 4.30. The summed E-state index contributed by atoms with van der Waals surface area (Å²) in [6.45, 7) is -0.297. The second-order valence-corrected chi connectivity index (χ2v) is 4.30. The van der Waals surface area contributed by atoms with E-state index in [1.54, 1.807) is 6.07 Å². The lowest BCUT2D eigenvalue weighted by molar-refractivity contribution is -0.118. The zero-order chi connectivity index (χ0) is 15.0. The summed E-state index contributed by atoms with van der Waals surface area (Å²) in [4.78, 5) is 27.0. The summed E-state index contributed by atoms with van der Waals surface area (Å²) in [5.74, 6) is -1.12. The van der Waals surface area contributed by atoms with Crippen LogP contribution >= 0.6 is 0 Å². The minimum absolute atomic E-state index is 0.0250. The molecule has 0 aliphatic rings. The van der Waals surface area contributed by atoms with Crippen molar-refractivity contribution in [2.45, 2.75) is 6.54 Å². The third kappa shape index (κ3) is 2.24. The van der Waals surface area contributed by atoms with Gasteiger partial charge in [-0.1, -0.05) is 11.3 Å². The van der Waals surface area contributed by atoms with Gasteiger partial charge in [0.1, 0.15) is 18.7 Å². The van der Waals surface area contributed by atoms with Crippen molar-refractivity contribution >= 4 is 17.1 Å². The molecule has 2 heterocycles. The third-order valence-corrected chi connectivity index (χ3v) is 2.81. The van der Waals surface area contributed by atoms with Gasteiger partial charge in [-0.25, -0.2) is 9.37 Å². The van der Waals surface area contributed by atoms with E-state index in [-0.39, 0.29) is 17.7 Å². The molecule has 8 nitrogen and oxygen atoms in total. The number of benzene rings is 1. The van der Waals surface area contributed by atoms with Gasteiger partial charge in [-0.2, -0.15) is 4.68 Å². The Kier molecular flexibility index (Phi) is 2.94. The smallest absolute Gasteiger partial charge is 0.284 e. The maximum atomic E-state index is 13.2. The van der Waals surface area contributed by atoms with E-state index < -0.39 is 17.3 Å². The Labute approximate surface area is 116 Å². The summed E-state index contributed by atoms with van der Waals surface area (Å²) >= 11 is 0. The molecule has 3 rings (SSSR count). The van der Waals surface area contributed by atoms with Crippen LogP contribution in [0.2, 0.25) is 0 Å². The molecular weight excluding hydrogens is 279 g/mol. The monoisotopic (exact) mass is 288 g/mol. The van der Waals surface area contributed by atoms with Crippen molar-refractivity contribution in [3.63, 3.8) is 0 Å². The highest BCUT2D eigenvalue weighted by Crippen LogP contribution is 2.12. The molecule has 0 bridgehead atoms. The highest BCUT2D eigenvalue weighted by molar-refractivity contribution is 5.74. The fourth-order valence-corrected chi connectivity index (χ4v) is 1.91. The molecule has 0 saturated heterocycles. The number of nitrogens with zero attached hydrogens (tertiary/aromatic N) is 5. The lowest BCUT2D eigenvalue weighted by Crippen LogP contribution is -2.28. The SMILES string of the molecule is NC(=O)Cn1cnc2c(nnn2-c2cccc(F)c2)c1=O. The molecule has 0 aliphatic carbocycles. The van der Waals surface area contributed by atoms with Crippen LogP contribution in [0.4, 0.5) is 4.39 Å². The van der Waals surface area contributed by atoms with E-state index >= 15 is 0 Å². The van der Waals surface area contributed by atoms with Crippen LogP contribution in [0.5, 0.6) is 0 Å². The van der Waals surface area contributed by atoms with Gasteiger partial charge >= 0.3 is 0 Å². The van der Waals surface area contributed by atoms with Crippen molar-refractivity contribution in [3.8, 4) is 5.69 Å². The Hall–Kier alpha value is -3.10. The van der Waals surface area contributed by atoms with E-state index in [0.29, 0.717) is 5.69 Å². The quantitative estimate of drug-likeness (QED) is 0.705. The van der Waals surface area contributed by atoms with Gasteiger partial charge in [0.05, 0.1) is 5.69 Å². The third-order valence-electron chi connectivity index (χ3n) is 2.81. The van der Waals surface area contributed by atoms with Gasteiger partial charge in [0.2, 0.25) is 5.91 Å². The minimum atomic E-state index is -0.671. The summed E-state index contributed by atoms with van der Waals surface area (Å²) in [5, 5.41) is 7.53. The van der Waals surface area contributed by atoms with Gasteiger partial charge in [0.25, 0.3) is 5.56 Å². The van der Waals surface area contributed by atoms with Crippen LogP contribution in [0.1, 0.15) is 0 Å². The number of carbonyl (C=O) groups is 1. The molecule has 0 aliphatic heterocycles. The highest BCUT2D eigenvalue weighted by atomic mass is 19.1. The fraction of sp³-hybridized carbons (Fsp3) is 0.0833. The van der Waals surface area contributed by atoms with Crippen LogP contribution in [-0.2, 0) is 11.3 Å². The number of hydrogen-bond donors (Lipinski definition) is 1. The average Bonchev–Trinajstić information content (AvgIpc) is 2.86. The molecule has 1 aromatic carbocycles. The molecule has 0 spiro atoms. The molecule has 0 radical (unpaired) electrons. The molecule has 1 amide bonds. The zero-order valence-electron chi connectivity index (χ0n) is 10.6.